The summed E-state index contributed by atoms with van der Waals surface area (Å²) in [6.07, 6.45) is 3.94. The number of aromatic nitrogens is 2. The molecule has 0 radical (unpaired) electrons. The Balaban J connectivity index is 2.13. The van der Waals surface area contributed by atoms with Crippen molar-refractivity contribution in [2.75, 3.05) is 0 Å². The van der Waals surface area contributed by atoms with Crippen LogP contribution in [-0.2, 0) is 6.42 Å². The van der Waals surface area contributed by atoms with E-state index in [0.29, 0.717) is 12.2 Å². The van der Waals surface area contributed by atoms with E-state index in [1.807, 2.05) is 0 Å². The van der Waals surface area contributed by atoms with Gasteiger partial charge in [-0.25, -0.2) is 19.8 Å². The van der Waals surface area contributed by atoms with E-state index in [-0.39, 0.29) is 11.9 Å². The topological polar surface area (TPSA) is 63.8 Å². The molecule has 3 N–H and O–H groups in total. The molecule has 0 spiro atoms. The second-order valence-electron chi connectivity index (χ2n) is 3.66. The lowest BCUT2D eigenvalue weighted by molar-refractivity contribution is 0.522. The second kappa shape index (κ2) is 5.47. The van der Waals surface area contributed by atoms with Crippen LogP contribution in [0.3, 0.4) is 0 Å². The van der Waals surface area contributed by atoms with E-state index in [4.69, 9.17) is 5.84 Å². The van der Waals surface area contributed by atoms with Crippen LogP contribution in [0.1, 0.15) is 17.4 Å². The normalized spacial score (nSPS) is 12.4. The van der Waals surface area contributed by atoms with Gasteiger partial charge in [0.25, 0.3) is 0 Å². The maximum atomic E-state index is 12.8. The van der Waals surface area contributed by atoms with Gasteiger partial charge in [-0.05, 0) is 30.2 Å². The fraction of sp³-hybridized carbons (Fsp3) is 0.167. The molecule has 5 heteroatoms. The lowest BCUT2D eigenvalue weighted by atomic mass is 10.1. The summed E-state index contributed by atoms with van der Waals surface area (Å²) in [4.78, 5) is 8.27. The molecule has 1 aromatic carbocycles. The number of halogens is 1. The van der Waals surface area contributed by atoms with Crippen LogP contribution in [0, 0.1) is 5.82 Å². The average Bonchev–Trinajstić information content (AvgIpc) is 2.39. The van der Waals surface area contributed by atoms with Crippen molar-refractivity contribution >= 4 is 0 Å². The van der Waals surface area contributed by atoms with Gasteiger partial charge in [-0.1, -0.05) is 12.1 Å². The third kappa shape index (κ3) is 3.05. The molecule has 0 fully saturated rings. The van der Waals surface area contributed by atoms with Crippen LogP contribution in [0.2, 0.25) is 0 Å². The lowest BCUT2D eigenvalue weighted by Gasteiger charge is -2.13. The molecule has 4 nitrogen and oxygen atoms in total. The van der Waals surface area contributed by atoms with Gasteiger partial charge in [0.1, 0.15) is 11.6 Å². The minimum Gasteiger partial charge on any atom is -0.271 e. The van der Waals surface area contributed by atoms with E-state index in [9.17, 15) is 4.39 Å². The average molecular weight is 232 g/mol. The molecule has 17 heavy (non-hydrogen) atoms. The zero-order chi connectivity index (χ0) is 12.1. The highest BCUT2D eigenvalue weighted by Gasteiger charge is 2.12. The molecule has 1 heterocycles. The highest BCUT2D eigenvalue weighted by Crippen LogP contribution is 2.14. The minimum absolute atomic E-state index is 0.179. The molecule has 0 aliphatic rings. The van der Waals surface area contributed by atoms with Crippen LogP contribution < -0.4 is 11.3 Å². The number of nitrogens with zero attached hydrogens (tertiary/aromatic N) is 2. The first kappa shape index (κ1) is 11.6. The first-order valence-electron chi connectivity index (χ1n) is 5.27. The van der Waals surface area contributed by atoms with E-state index in [1.165, 1.54) is 12.1 Å². The van der Waals surface area contributed by atoms with Crippen LogP contribution in [0.4, 0.5) is 4.39 Å². The Hall–Kier alpha value is -1.85. The SMILES string of the molecule is NNC(Cc1ccc(F)cc1)c1ncccn1. The summed E-state index contributed by atoms with van der Waals surface area (Å²) in [6.45, 7) is 0. The van der Waals surface area contributed by atoms with E-state index < -0.39 is 0 Å². The first-order valence-corrected chi connectivity index (χ1v) is 5.27. The quantitative estimate of drug-likeness (QED) is 0.617. The maximum Gasteiger partial charge on any atom is 0.146 e. The fourth-order valence-corrected chi connectivity index (χ4v) is 1.57. The van der Waals surface area contributed by atoms with Crippen molar-refractivity contribution in [2.45, 2.75) is 12.5 Å². The Kier molecular flexibility index (Phi) is 3.74. The molecule has 2 rings (SSSR count). The van der Waals surface area contributed by atoms with Crippen molar-refractivity contribution in [1.29, 1.82) is 0 Å². The van der Waals surface area contributed by atoms with Crippen molar-refractivity contribution in [3.8, 4) is 0 Å². The number of nitrogens with two attached hydrogens (primary N) is 1. The van der Waals surface area contributed by atoms with Gasteiger partial charge in [0, 0.05) is 12.4 Å². The van der Waals surface area contributed by atoms with Crippen molar-refractivity contribution < 1.29 is 4.39 Å². The molecule has 0 bridgehead atoms. The second-order valence-corrected chi connectivity index (χ2v) is 3.66. The molecule has 1 atom stereocenters. The van der Waals surface area contributed by atoms with Gasteiger partial charge in [0.2, 0.25) is 0 Å². The Morgan fingerprint density at radius 3 is 2.41 bits per heavy atom. The molecule has 1 aromatic heterocycles. The largest absolute Gasteiger partial charge is 0.271 e. The van der Waals surface area contributed by atoms with Gasteiger partial charge in [-0.2, -0.15) is 0 Å². The summed E-state index contributed by atoms with van der Waals surface area (Å²) in [5.41, 5.74) is 3.64. The van der Waals surface area contributed by atoms with Crippen LogP contribution in [0.5, 0.6) is 0 Å². The number of hydrazine groups is 1. The summed E-state index contributed by atoms with van der Waals surface area (Å²) in [5, 5.41) is 0. The Labute approximate surface area is 98.7 Å². The summed E-state index contributed by atoms with van der Waals surface area (Å²) in [5.74, 6) is 5.85. The van der Waals surface area contributed by atoms with E-state index in [2.05, 4.69) is 15.4 Å². The zero-order valence-corrected chi connectivity index (χ0v) is 9.18. The molecule has 1 unspecified atom stereocenters. The Bertz CT molecular complexity index is 458. The number of benzene rings is 1. The Morgan fingerprint density at radius 1 is 1.18 bits per heavy atom. The molecule has 0 amide bonds. The van der Waals surface area contributed by atoms with Crippen molar-refractivity contribution in [2.24, 2.45) is 5.84 Å². The van der Waals surface area contributed by atoms with Crippen LogP contribution in [-0.4, -0.2) is 9.97 Å². The van der Waals surface area contributed by atoms with Crippen LogP contribution >= 0.6 is 0 Å². The van der Waals surface area contributed by atoms with Gasteiger partial charge < -0.3 is 0 Å². The third-order valence-electron chi connectivity index (χ3n) is 2.45. The van der Waals surface area contributed by atoms with Gasteiger partial charge in [-0.15, -0.1) is 0 Å². The third-order valence-corrected chi connectivity index (χ3v) is 2.45. The predicted octanol–water partition coefficient (Wildman–Crippen LogP) is 1.36. The van der Waals surface area contributed by atoms with Gasteiger partial charge in [0.15, 0.2) is 0 Å². The summed E-state index contributed by atoms with van der Waals surface area (Å²) in [7, 11) is 0. The van der Waals surface area contributed by atoms with E-state index in [1.54, 1.807) is 30.6 Å². The van der Waals surface area contributed by atoms with Gasteiger partial charge in [-0.3, -0.25) is 5.84 Å². The van der Waals surface area contributed by atoms with Crippen molar-refractivity contribution in [1.82, 2.24) is 15.4 Å². The minimum atomic E-state index is -0.248. The molecule has 0 saturated heterocycles. The summed E-state index contributed by atoms with van der Waals surface area (Å²) >= 11 is 0. The molecule has 88 valence electrons. The number of nitrogens with one attached hydrogen (secondary N) is 1. The van der Waals surface area contributed by atoms with E-state index in [0.717, 1.165) is 5.56 Å². The molecule has 0 aliphatic heterocycles. The van der Waals surface area contributed by atoms with Crippen LogP contribution in [0.25, 0.3) is 0 Å². The molecule has 0 aliphatic carbocycles. The highest BCUT2D eigenvalue weighted by molar-refractivity contribution is 5.18. The monoisotopic (exact) mass is 232 g/mol. The number of hydrogen-bond donors (Lipinski definition) is 2. The van der Waals surface area contributed by atoms with Gasteiger partial charge >= 0.3 is 0 Å². The smallest absolute Gasteiger partial charge is 0.146 e. The van der Waals surface area contributed by atoms with Gasteiger partial charge in [0.05, 0.1) is 6.04 Å². The first-order chi connectivity index (χ1) is 8.29. The van der Waals surface area contributed by atoms with E-state index >= 15 is 0 Å². The summed E-state index contributed by atoms with van der Waals surface area (Å²) in [6, 6.07) is 7.87. The predicted molar refractivity (Wildman–Crippen MR) is 62.2 cm³/mol. The molecular formula is C12H13FN4. The van der Waals surface area contributed by atoms with Crippen molar-refractivity contribution in [3.05, 3.63) is 59.9 Å². The molecular weight excluding hydrogens is 219 g/mol. The fourth-order valence-electron chi connectivity index (χ4n) is 1.57. The molecule has 0 saturated carbocycles. The highest BCUT2D eigenvalue weighted by atomic mass is 19.1. The lowest BCUT2D eigenvalue weighted by Crippen LogP contribution is -2.30. The van der Waals surface area contributed by atoms with Crippen LogP contribution in [0.15, 0.2) is 42.7 Å². The number of hydrogen-bond acceptors (Lipinski definition) is 4. The number of rotatable bonds is 4. The summed E-state index contributed by atoms with van der Waals surface area (Å²) < 4.78 is 12.8. The standard InChI is InChI=1S/C12H13FN4/c13-10-4-2-9(3-5-10)8-11(17-14)12-15-6-1-7-16-12/h1-7,11,17H,8,14H2. The zero-order valence-electron chi connectivity index (χ0n) is 9.18. The van der Waals surface area contributed by atoms with Crippen molar-refractivity contribution in [3.63, 3.8) is 0 Å². The molecule has 2 aromatic rings. The maximum absolute atomic E-state index is 12.8. The Morgan fingerprint density at radius 2 is 1.82 bits per heavy atom.